The fourth-order valence-corrected chi connectivity index (χ4v) is 1.87. The topological polar surface area (TPSA) is 42.9 Å². The molecule has 0 spiro atoms. The lowest BCUT2D eigenvalue weighted by Crippen LogP contribution is -2.13. The first-order valence-corrected chi connectivity index (χ1v) is 6.34. The summed E-state index contributed by atoms with van der Waals surface area (Å²) in [5.74, 6) is 0.0981. The van der Waals surface area contributed by atoms with Crippen molar-refractivity contribution in [1.82, 2.24) is 9.97 Å². The van der Waals surface area contributed by atoms with Gasteiger partial charge >= 0.3 is 0 Å². The lowest BCUT2D eigenvalue weighted by molar-refractivity contribution is 0.0992. The molecule has 0 unspecified atom stereocenters. The summed E-state index contributed by atoms with van der Waals surface area (Å²) >= 11 is 0. The molecule has 1 aromatic carbocycles. The van der Waals surface area contributed by atoms with Gasteiger partial charge in [0.1, 0.15) is 6.33 Å². The average molecular weight is 254 g/mol. The Kier molecular flexibility index (Phi) is 3.74. The fourth-order valence-electron chi connectivity index (χ4n) is 1.87. The summed E-state index contributed by atoms with van der Waals surface area (Å²) in [7, 11) is 0. The van der Waals surface area contributed by atoms with Crippen LogP contribution in [0.1, 0.15) is 42.3 Å². The third kappa shape index (κ3) is 3.47. The first kappa shape index (κ1) is 13.4. The van der Waals surface area contributed by atoms with Crippen LogP contribution in [-0.4, -0.2) is 15.8 Å². The molecule has 1 heterocycles. The summed E-state index contributed by atoms with van der Waals surface area (Å²) in [5, 5.41) is 0. The zero-order chi connectivity index (χ0) is 13.9. The van der Waals surface area contributed by atoms with Crippen LogP contribution in [0.15, 0.2) is 43.0 Å². The second kappa shape index (κ2) is 5.31. The second-order valence-electron chi connectivity index (χ2n) is 5.68. The Bertz CT molecular complexity index is 571. The number of ketones is 1. The van der Waals surface area contributed by atoms with Crippen molar-refractivity contribution in [2.24, 2.45) is 0 Å². The van der Waals surface area contributed by atoms with Crippen LogP contribution < -0.4 is 0 Å². The van der Waals surface area contributed by atoms with Crippen molar-refractivity contribution in [2.75, 3.05) is 0 Å². The van der Waals surface area contributed by atoms with Crippen molar-refractivity contribution in [1.29, 1.82) is 0 Å². The number of carbonyl (C=O) groups is 1. The fraction of sp³-hybridized carbons (Fsp3) is 0.312. The quantitative estimate of drug-likeness (QED) is 0.790. The largest absolute Gasteiger partial charge is 0.294 e. The second-order valence-corrected chi connectivity index (χ2v) is 5.68. The Labute approximate surface area is 113 Å². The maximum Gasteiger partial charge on any atom is 0.167 e. The molecular formula is C16H18N2O. The zero-order valence-corrected chi connectivity index (χ0v) is 11.6. The minimum absolute atomic E-state index is 0.0478. The Morgan fingerprint density at radius 2 is 1.84 bits per heavy atom. The van der Waals surface area contributed by atoms with Gasteiger partial charge in [-0.1, -0.05) is 39.0 Å². The number of hydrogen-bond donors (Lipinski definition) is 0. The third-order valence-corrected chi connectivity index (χ3v) is 3.03. The first-order valence-electron chi connectivity index (χ1n) is 6.34. The predicted octanol–water partition coefficient (Wildman–Crippen LogP) is 3.20. The van der Waals surface area contributed by atoms with Crippen LogP contribution in [-0.2, 0) is 11.8 Å². The summed E-state index contributed by atoms with van der Waals surface area (Å²) < 4.78 is 0. The van der Waals surface area contributed by atoms with Gasteiger partial charge in [0.05, 0.1) is 0 Å². The van der Waals surface area contributed by atoms with Crippen molar-refractivity contribution in [2.45, 2.75) is 32.6 Å². The van der Waals surface area contributed by atoms with Gasteiger partial charge in [-0.25, -0.2) is 9.97 Å². The molecule has 0 saturated heterocycles. The number of hydrogen-bond acceptors (Lipinski definition) is 3. The molecule has 0 amide bonds. The molecule has 0 aliphatic rings. The van der Waals surface area contributed by atoms with E-state index in [1.807, 2.05) is 18.2 Å². The summed E-state index contributed by atoms with van der Waals surface area (Å²) in [6, 6.07) is 7.84. The van der Waals surface area contributed by atoms with Crippen molar-refractivity contribution in [3.63, 3.8) is 0 Å². The van der Waals surface area contributed by atoms with E-state index in [2.05, 4.69) is 36.8 Å². The van der Waals surface area contributed by atoms with E-state index in [0.717, 1.165) is 11.1 Å². The normalized spacial score (nSPS) is 11.3. The van der Waals surface area contributed by atoms with Crippen molar-refractivity contribution < 1.29 is 4.79 Å². The van der Waals surface area contributed by atoms with Crippen LogP contribution in [0.5, 0.6) is 0 Å². The molecule has 0 aliphatic heterocycles. The molecule has 0 aliphatic carbocycles. The molecule has 2 aromatic rings. The van der Waals surface area contributed by atoms with Crippen molar-refractivity contribution in [3.05, 3.63) is 59.7 Å². The van der Waals surface area contributed by atoms with Gasteiger partial charge in [0.25, 0.3) is 0 Å². The lowest BCUT2D eigenvalue weighted by atomic mass is 9.85. The smallest absolute Gasteiger partial charge is 0.167 e. The van der Waals surface area contributed by atoms with E-state index in [1.165, 1.54) is 11.9 Å². The number of aromatic nitrogens is 2. The van der Waals surface area contributed by atoms with E-state index in [1.54, 1.807) is 12.4 Å². The highest BCUT2D eigenvalue weighted by Gasteiger charge is 2.15. The Balaban J connectivity index is 2.20. The summed E-state index contributed by atoms with van der Waals surface area (Å²) in [4.78, 5) is 20.1. The third-order valence-electron chi connectivity index (χ3n) is 3.03. The maximum atomic E-state index is 12.2. The first-order chi connectivity index (χ1) is 8.97. The van der Waals surface area contributed by atoms with Gasteiger partial charge in [0.2, 0.25) is 0 Å². The van der Waals surface area contributed by atoms with Crippen molar-refractivity contribution in [3.8, 4) is 0 Å². The van der Waals surface area contributed by atoms with Gasteiger partial charge in [-0.15, -0.1) is 0 Å². The van der Waals surface area contributed by atoms with Crippen LogP contribution in [0.25, 0.3) is 0 Å². The number of benzene rings is 1. The minimum atomic E-state index is 0.0478. The summed E-state index contributed by atoms with van der Waals surface area (Å²) in [6.07, 6.45) is 5.17. The van der Waals surface area contributed by atoms with Crippen molar-refractivity contribution >= 4 is 5.78 Å². The standard InChI is InChI=1S/C16H18N2O/c1-16(2,3)14-6-4-5-13(8-14)15(19)7-12-9-17-11-18-10-12/h4-6,8-11H,7H2,1-3H3. The summed E-state index contributed by atoms with van der Waals surface area (Å²) in [6.45, 7) is 6.42. The molecule has 0 bridgehead atoms. The monoisotopic (exact) mass is 254 g/mol. The maximum absolute atomic E-state index is 12.2. The van der Waals surface area contributed by atoms with Crippen LogP contribution in [0.2, 0.25) is 0 Å². The van der Waals surface area contributed by atoms with E-state index >= 15 is 0 Å². The van der Waals surface area contributed by atoms with Gasteiger partial charge in [0.15, 0.2) is 5.78 Å². The number of rotatable bonds is 3. The molecule has 1 aromatic heterocycles. The average Bonchev–Trinajstić information content (AvgIpc) is 2.39. The Hall–Kier alpha value is -2.03. The van der Waals surface area contributed by atoms with Gasteiger partial charge in [-0.2, -0.15) is 0 Å². The summed E-state index contributed by atoms with van der Waals surface area (Å²) in [5.41, 5.74) is 2.80. The highest BCUT2D eigenvalue weighted by atomic mass is 16.1. The number of carbonyl (C=O) groups excluding carboxylic acids is 1. The molecule has 0 saturated carbocycles. The number of nitrogens with zero attached hydrogens (tertiary/aromatic N) is 2. The lowest BCUT2D eigenvalue weighted by Gasteiger charge is -2.19. The van der Waals surface area contributed by atoms with Crippen LogP contribution in [0.3, 0.4) is 0 Å². The van der Waals surface area contributed by atoms with Gasteiger partial charge < -0.3 is 0 Å². The SMILES string of the molecule is CC(C)(C)c1cccc(C(=O)Cc2cncnc2)c1. The minimum Gasteiger partial charge on any atom is -0.294 e. The molecular weight excluding hydrogens is 236 g/mol. The Morgan fingerprint density at radius 1 is 1.16 bits per heavy atom. The molecule has 0 fully saturated rings. The molecule has 0 atom stereocenters. The molecule has 0 N–H and O–H groups in total. The van der Waals surface area contributed by atoms with Gasteiger partial charge in [-0.3, -0.25) is 4.79 Å². The van der Waals surface area contributed by atoms with Gasteiger partial charge in [-0.05, 0) is 22.6 Å². The van der Waals surface area contributed by atoms with Gasteiger partial charge in [0, 0.05) is 24.4 Å². The van der Waals surface area contributed by atoms with Crippen LogP contribution in [0.4, 0.5) is 0 Å². The molecule has 3 nitrogen and oxygen atoms in total. The van der Waals surface area contributed by atoms with Crippen LogP contribution >= 0.6 is 0 Å². The Morgan fingerprint density at radius 3 is 2.47 bits per heavy atom. The molecule has 2 rings (SSSR count). The highest BCUT2D eigenvalue weighted by Crippen LogP contribution is 2.23. The van der Waals surface area contributed by atoms with E-state index < -0.39 is 0 Å². The molecule has 0 radical (unpaired) electrons. The molecule has 98 valence electrons. The van der Waals surface area contributed by atoms with E-state index in [0.29, 0.717) is 6.42 Å². The highest BCUT2D eigenvalue weighted by molar-refractivity contribution is 5.97. The predicted molar refractivity (Wildman–Crippen MR) is 75.2 cm³/mol. The molecule has 3 heteroatoms. The molecule has 19 heavy (non-hydrogen) atoms. The van der Waals surface area contributed by atoms with E-state index in [9.17, 15) is 4.79 Å². The zero-order valence-electron chi connectivity index (χ0n) is 11.6. The van der Waals surface area contributed by atoms with Crippen LogP contribution in [0, 0.1) is 0 Å². The van der Waals surface area contributed by atoms with E-state index in [4.69, 9.17) is 0 Å². The van der Waals surface area contributed by atoms with E-state index in [-0.39, 0.29) is 11.2 Å². The number of Topliss-reactive ketones (excluding diaryl/α,β-unsaturated/α-hetero) is 1.